The number of hydrogen-bond donors (Lipinski definition) is 6. The van der Waals surface area contributed by atoms with Crippen molar-refractivity contribution in [1.29, 1.82) is 0 Å². The molecule has 1 aliphatic heterocycles. The van der Waals surface area contributed by atoms with Crippen LogP contribution in [0.1, 0.15) is 6.23 Å². The highest BCUT2D eigenvalue weighted by Gasteiger charge is 2.44. The number of nitrogens with two attached hydrogens (primary N) is 2. The van der Waals surface area contributed by atoms with E-state index < -0.39 is 38.6 Å². The van der Waals surface area contributed by atoms with E-state index in [1.54, 1.807) is 14.1 Å². The summed E-state index contributed by atoms with van der Waals surface area (Å²) in [6.07, 6.45) is -2.59. The van der Waals surface area contributed by atoms with E-state index in [0.29, 0.717) is 0 Å². The number of imidazole rings is 1. The van der Waals surface area contributed by atoms with E-state index in [9.17, 15) is 19.8 Å². The minimum absolute atomic E-state index is 0.0185. The Morgan fingerprint density at radius 3 is 2.68 bits per heavy atom. The van der Waals surface area contributed by atoms with Crippen molar-refractivity contribution in [2.75, 3.05) is 26.4 Å². The first-order chi connectivity index (χ1) is 13.1. The van der Waals surface area contributed by atoms with Gasteiger partial charge >= 0.3 is 0 Å². The number of amides is 1. The molecule has 1 amide bonds. The molecule has 1 saturated heterocycles. The SMILES string of the molecule is CN(C)C=O.Nc1nc2c(ncn2[C@@H]2O[C@H](COP(N)O)[C@@H](O)[C@H]2O)c(=O)[nH]1. The average molecular weight is 419 g/mol. The summed E-state index contributed by atoms with van der Waals surface area (Å²) >= 11 is 0. The molecule has 2 aromatic heterocycles. The van der Waals surface area contributed by atoms with Crippen molar-refractivity contribution < 1.29 is 29.2 Å². The first-order valence-corrected chi connectivity index (χ1v) is 9.16. The third-order valence-corrected chi connectivity index (χ3v) is 4.06. The molecule has 0 aromatic carbocycles. The van der Waals surface area contributed by atoms with Crippen LogP contribution in [0.5, 0.6) is 0 Å². The lowest BCUT2D eigenvalue weighted by molar-refractivity contribution is -0.115. The Balaban J connectivity index is 0.000000500. The molecule has 5 atom stereocenters. The molecule has 0 saturated carbocycles. The van der Waals surface area contributed by atoms with Gasteiger partial charge in [0.1, 0.15) is 18.3 Å². The van der Waals surface area contributed by atoms with Crippen molar-refractivity contribution in [2.45, 2.75) is 24.5 Å². The molecule has 0 bridgehead atoms. The van der Waals surface area contributed by atoms with Crippen molar-refractivity contribution in [3.8, 4) is 0 Å². The minimum Gasteiger partial charge on any atom is -0.387 e. The second kappa shape index (κ2) is 9.34. The molecule has 0 aliphatic carbocycles. The van der Waals surface area contributed by atoms with Crippen LogP contribution in [0.4, 0.5) is 5.95 Å². The van der Waals surface area contributed by atoms with E-state index in [-0.39, 0.29) is 23.7 Å². The second-order valence-corrected chi connectivity index (χ2v) is 6.85. The summed E-state index contributed by atoms with van der Waals surface area (Å²) in [5.41, 5.74) is 10.2. The van der Waals surface area contributed by atoms with Crippen molar-refractivity contribution in [3.63, 3.8) is 0 Å². The molecule has 8 N–H and O–H groups in total. The van der Waals surface area contributed by atoms with Crippen molar-refractivity contribution in [2.24, 2.45) is 5.50 Å². The topological polar surface area (TPSA) is 215 Å². The Labute approximate surface area is 159 Å². The van der Waals surface area contributed by atoms with Crippen LogP contribution in [0.25, 0.3) is 11.2 Å². The van der Waals surface area contributed by atoms with Crippen LogP contribution in [-0.4, -0.2) is 84.9 Å². The first kappa shape index (κ1) is 22.1. The molecule has 15 heteroatoms. The van der Waals surface area contributed by atoms with Gasteiger partial charge in [0.25, 0.3) is 5.56 Å². The maximum atomic E-state index is 11.8. The standard InChI is InChI=1S/C10H15N6O6P.C3H7NO/c11-10-14-7-4(8(19)15-10)13-2-16(7)9-6(18)5(17)3(22-9)1-21-23(12)20;1-4(2)3-5/h2-3,5-6,9,17-18,20H,1,12H2,(H3,11,14,15,19);3H,1-2H3/t3-,5-,6-,9-,23?;/m1./s1. The molecule has 0 spiro atoms. The van der Waals surface area contributed by atoms with Crippen LogP contribution in [0.3, 0.4) is 0 Å². The first-order valence-electron chi connectivity index (χ1n) is 7.88. The zero-order chi connectivity index (χ0) is 21.0. The van der Waals surface area contributed by atoms with Gasteiger partial charge in [-0.1, -0.05) is 0 Å². The molecule has 156 valence electrons. The number of ether oxygens (including phenoxy) is 1. The van der Waals surface area contributed by atoms with Crippen LogP contribution in [0.15, 0.2) is 11.1 Å². The lowest BCUT2D eigenvalue weighted by Gasteiger charge is -2.16. The quantitative estimate of drug-likeness (QED) is 0.215. The number of hydrogen-bond acceptors (Lipinski definition) is 11. The summed E-state index contributed by atoms with van der Waals surface area (Å²) in [5, 5.41) is 20.2. The number of nitrogens with one attached hydrogen (secondary N) is 1. The number of fused-ring (bicyclic) bond motifs is 1. The Morgan fingerprint density at radius 1 is 1.46 bits per heavy atom. The Kier molecular flexibility index (Phi) is 7.37. The highest BCUT2D eigenvalue weighted by molar-refractivity contribution is 7.43. The maximum absolute atomic E-state index is 11.8. The van der Waals surface area contributed by atoms with Gasteiger partial charge in [-0.15, -0.1) is 0 Å². The molecule has 0 radical (unpaired) electrons. The fourth-order valence-electron chi connectivity index (χ4n) is 2.38. The molecule has 3 rings (SSSR count). The van der Waals surface area contributed by atoms with Gasteiger partial charge in [0.15, 0.2) is 17.4 Å². The van der Waals surface area contributed by atoms with Crippen LogP contribution in [0, 0.1) is 0 Å². The highest BCUT2D eigenvalue weighted by Crippen LogP contribution is 2.33. The molecular weight excluding hydrogens is 397 g/mol. The van der Waals surface area contributed by atoms with Gasteiger partial charge in [-0.3, -0.25) is 24.6 Å². The van der Waals surface area contributed by atoms with Gasteiger partial charge in [0.05, 0.1) is 12.9 Å². The zero-order valence-electron chi connectivity index (χ0n) is 15.0. The highest BCUT2D eigenvalue weighted by atomic mass is 31.2. The van der Waals surface area contributed by atoms with Crippen molar-refractivity contribution in [1.82, 2.24) is 24.4 Å². The molecule has 28 heavy (non-hydrogen) atoms. The lowest BCUT2D eigenvalue weighted by atomic mass is 10.1. The average Bonchev–Trinajstić information content (AvgIpc) is 3.16. The molecule has 2 aromatic rings. The maximum Gasteiger partial charge on any atom is 0.280 e. The molecule has 1 aliphatic rings. The van der Waals surface area contributed by atoms with Crippen molar-refractivity contribution >= 4 is 32.0 Å². The van der Waals surface area contributed by atoms with Gasteiger partial charge < -0.3 is 35.0 Å². The number of aromatic nitrogens is 4. The monoisotopic (exact) mass is 419 g/mol. The predicted molar refractivity (Wildman–Crippen MR) is 97.5 cm³/mol. The van der Waals surface area contributed by atoms with E-state index in [2.05, 4.69) is 15.0 Å². The predicted octanol–water partition coefficient (Wildman–Crippen LogP) is -2.78. The third-order valence-electron chi connectivity index (χ3n) is 3.64. The summed E-state index contributed by atoms with van der Waals surface area (Å²) in [7, 11) is 1.26. The van der Waals surface area contributed by atoms with E-state index >= 15 is 0 Å². The van der Waals surface area contributed by atoms with E-state index in [1.165, 1.54) is 15.8 Å². The number of anilines is 1. The number of rotatable bonds is 5. The van der Waals surface area contributed by atoms with Crippen LogP contribution in [0.2, 0.25) is 0 Å². The van der Waals surface area contributed by atoms with Gasteiger partial charge in [0, 0.05) is 14.1 Å². The smallest absolute Gasteiger partial charge is 0.280 e. The summed E-state index contributed by atoms with van der Waals surface area (Å²) in [4.78, 5) is 41.8. The van der Waals surface area contributed by atoms with E-state index in [1.807, 2.05) is 0 Å². The van der Waals surface area contributed by atoms with Crippen LogP contribution in [-0.2, 0) is 14.1 Å². The molecule has 14 nitrogen and oxygen atoms in total. The number of aromatic amines is 1. The minimum atomic E-state index is -2.11. The zero-order valence-corrected chi connectivity index (χ0v) is 15.9. The molecular formula is C13H22N7O7P. The summed E-state index contributed by atoms with van der Waals surface area (Å²) in [5.74, 6) is -0.119. The van der Waals surface area contributed by atoms with Gasteiger partial charge in [-0.25, -0.2) is 4.98 Å². The number of nitrogen functional groups attached to an aromatic ring is 1. The summed E-state index contributed by atoms with van der Waals surface area (Å²) in [6, 6.07) is 0. The lowest BCUT2D eigenvalue weighted by Crippen LogP contribution is -2.33. The number of carbonyl (C=O) groups excluding carboxylic acids is 1. The van der Waals surface area contributed by atoms with Crippen LogP contribution >= 0.6 is 8.53 Å². The number of aliphatic hydroxyl groups is 2. The number of nitrogens with zero attached hydrogens (tertiary/aromatic N) is 4. The van der Waals surface area contributed by atoms with Gasteiger partial charge in [0.2, 0.25) is 20.9 Å². The van der Waals surface area contributed by atoms with Crippen molar-refractivity contribution in [3.05, 3.63) is 16.7 Å². The normalized spacial score (nSPS) is 25.2. The number of carbonyl (C=O) groups is 1. The van der Waals surface area contributed by atoms with Crippen LogP contribution < -0.4 is 16.8 Å². The second-order valence-electron chi connectivity index (χ2n) is 5.99. The Morgan fingerprint density at radius 2 is 2.11 bits per heavy atom. The Bertz CT molecular complexity index is 857. The molecule has 1 unspecified atom stereocenters. The largest absolute Gasteiger partial charge is 0.387 e. The third kappa shape index (κ3) is 4.99. The van der Waals surface area contributed by atoms with E-state index in [4.69, 9.17) is 25.4 Å². The number of aliphatic hydroxyl groups excluding tert-OH is 2. The Hall–Kier alpha value is -2.19. The summed E-state index contributed by atoms with van der Waals surface area (Å²) < 4.78 is 11.6. The van der Waals surface area contributed by atoms with E-state index in [0.717, 1.165) is 6.41 Å². The fraction of sp³-hybridized carbons (Fsp3) is 0.538. The van der Waals surface area contributed by atoms with Gasteiger partial charge in [-0.05, 0) is 0 Å². The molecule has 1 fully saturated rings. The summed E-state index contributed by atoms with van der Waals surface area (Å²) in [6.45, 7) is -0.212. The molecule has 3 heterocycles. The fourth-order valence-corrected chi connectivity index (χ4v) is 2.68. The number of H-pyrrole nitrogens is 1. The van der Waals surface area contributed by atoms with Gasteiger partial charge in [-0.2, -0.15) is 4.98 Å².